The summed E-state index contributed by atoms with van der Waals surface area (Å²) >= 11 is 0. The Bertz CT molecular complexity index is 164. The van der Waals surface area contributed by atoms with Crippen LogP contribution in [-0.2, 0) is 4.74 Å². The van der Waals surface area contributed by atoms with Crippen molar-refractivity contribution in [2.24, 2.45) is 5.73 Å². The minimum Gasteiger partial charge on any atom is -0.380 e. The summed E-state index contributed by atoms with van der Waals surface area (Å²) < 4.78 is 5.75. The molecule has 0 aromatic heterocycles. The molecule has 16 heavy (non-hydrogen) atoms. The van der Waals surface area contributed by atoms with Gasteiger partial charge in [0.1, 0.15) is 0 Å². The highest BCUT2D eigenvalue weighted by Gasteiger charge is 2.18. The Labute approximate surface area is 100 Å². The smallest absolute Gasteiger partial charge is 0.0621 e. The van der Waals surface area contributed by atoms with E-state index < -0.39 is 0 Å². The van der Waals surface area contributed by atoms with Gasteiger partial charge in [-0.05, 0) is 45.8 Å². The lowest BCUT2D eigenvalue weighted by Crippen LogP contribution is -2.39. The molecule has 1 heterocycles. The third kappa shape index (κ3) is 5.83. The zero-order valence-corrected chi connectivity index (χ0v) is 10.8. The van der Waals surface area contributed by atoms with E-state index in [1.807, 2.05) is 0 Å². The molecule has 3 heteroatoms. The van der Waals surface area contributed by atoms with E-state index in [4.69, 9.17) is 10.5 Å². The number of nitrogens with two attached hydrogens (primary N) is 1. The fourth-order valence-corrected chi connectivity index (χ4v) is 2.28. The monoisotopic (exact) mass is 228 g/mol. The van der Waals surface area contributed by atoms with Crippen LogP contribution in [0.1, 0.15) is 44.9 Å². The van der Waals surface area contributed by atoms with Crippen LogP contribution in [0.3, 0.4) is 0 Å². The summed E-state index contributed by atoms with van der Waals surface area (Å²) in [5.41, 5.74) is 5.45. The van der Waals surface area contributed by atoms with Gasteiger partial charge in [-0.1, -0.05) is 19.3 Å². The van der Waals surface area contributed by atoms with Gasteiger partial charge in [-0.2, -0.15) is 0 Å². The van der Waals surface area contributed by atoms with Crippen molar-refractivity contribution in [3.8, 4) is 0 Å². The summed E-state index contributed by atoms with van der Waals surface area (Å²) in [4.78, 5) is 2.44. The van der Waals surface area contributed by atoms with Crippen molar-refractivity contribution in [1.82, 2.24) is 4.90 Å². The molecule has 1 fully saturated rings. The van der Waals surface area contributed by atoms with Gasteiger partial charge in [0.2, 0.25) is 0 Å². The van der Waals surface area contributed by atoms with Crippen LogP contribution < -0.4 is 5.73 Å². The predicted molar refractivity (Wildman–Crippen MR) is 68.6 cm³/mol. The highest BCUT2D eigenvalue weighted by atomic mass is 16.5. The highest BCUT2D eigenvalue weighted by Crippen LogP contribution is 2.15. The number of unbranched alkanes of at least 4 members (excludes halogenated alkanes) is 3. The zero-order chi connectivity index (χ0) is 11.6. The van der Waals surface area contributed by atoms with Crippen molar-refractivity contribution in [3.05, 3.63) is 0 Å². The third-order valence-corrected chi connectivity index (χ3v) is 3.47. The molecule has 2 N–H and O–H groups in total. The maximum Gasteiger partial charge on any atom is 0.0621 e. The molecule has 3 nitrogen and oxygen atoms in total. The number of likely N-dealkylation sites (tertiary alicyclic amines) is 1. The van der Waals surface area contributed by atoms with Crippen molar-refractivity contribution in [2.45, 2.75) is 51.0 Å². The van der Waals surface area contributed by atoms with E-state index in [1.165, 1.54) is 45.1 Å². The van der Waals surface area contributed by atoms with E-state index in [9.17, 15) is 0 Å². The van der Waals surface area contributed by atoms with Crippen molar-refractivity contribution in [2.75, 3.05) is 33.4 Å². The van der Waals surface area contributed by atoms with Crippen LogP contribution in [0.2, 0.25) is 0 Å². The molecule has 1 aliphatic heterocycles. The first-order valence-electron chi connectivity index (χ1n) is 6.82. The Morgan fingerprint density at radius 1 is 1.19 bits per heavy atom. The quantitative estimate of drug-likeness (QED) is 0.646. The van der Waals surface area contributed by atoms with Gasteiger partial charge in [0.05, 0.1) is 6.61 Å². The molecule has 0 saturated carbocycles. The molecule has 1 unspecified atom stereocenters. The van der Waals surface area contributed by atoms with Crippen LogP contribution >= 0.6 is 0 Å². The number of hydrogen-bond donors (Lipinski definition) is 1. The lowest BCUT2D eigenvalue weighted by atomic mass is 10.0. The highest BCUT2D eigenvalue weighted by molar-refractivity contribution is 4.73. The maximum atomic E-state index is 5.75. The second kappa shape index (κ2) is 8.97. The number of rotatable bonds is 8. The lowest BCUT2D eigenvalue weighted by Gasteiger charge is -2.32. The second-order valence-corrected chi connectivity index (χ2v) is 4.91. The molecular formula is C13H28N2O. The molecule has 1 atom stereocenters. The van der Waals surface area contributed by atoms with Crippen molar-refractivity contribution in [3.63, 3.8) is 0 Å². The third-order valence-electron chi connectivity index (χ3n) is 3.47. The fraction of sp³-hybridized carbons (Fsp3) is 1.00. The molecule has 1 aliphatic rings. The predicted octanol–water partition coefficient (Wildman–Crippen LogP) is 2.01. The molecule has 0 radical (unpaired) electrons. The van der Waals surface area contributed by atoms with Gasteiger partial charge in [-0.3, -0.25) is 0 Å². The van der Waals surface area contributed by atoms with Gasteiger partial charge in [-0.15, -0.1) is 0 Å². The molecule has 0 amide bonds. The standard InChI is InChI=1S/C13H28N2O/c1-15-10-6-4-8-13(15)12-16-11-7-3-2-5-9-14/h13H,2-12,14H2,1H3. The number of likely N-dealkylation sites (N-methyl/N-ethyl adjacent to an activating group) is 1. The Kier molecular flexibility index (Phi) is 7.81. The summed E-state index contributed by atoms with van der Waals surface area (Å²) in [5.74, 6) is 0. The molecule has 0 aliphatic carbocycles. The zero-order valence-electron chi connectivity index (χ0n) is 10.8. The summed E-state index contributed by atoms with van der Waals surface area (Å²) in [7, 11) is 2.22. The van der Waals surface area contributed by atoms with Crippen molar-refractivity contribution < 1.29 is 4.74 Å². The van der Waals surface area contributed by atoms with E-state index in [0.29, 0.717) is 6.04 Å². The summed E-state index contributed by atoms with van der Waals surface area (Å²) in [6.07, 6.45) is 8.90. The first kappa shape index (κ1) is 13.9. The normalized spacial score (nSPS) is 22.5. The van der Waals surface area contributed by atoms with E-state index in [0.717, 1.165) is 26.2 Å². The molecule has 0 spiro atoms. The maximum absolute atomic E-state index is 5.75. The Hall–Kier alpha value is -0.120. The van der Waals surface area contributed by atoms with Gasteiger partial charge in [0.25, 0.3) is 0 Å². The van der Waals surface area contributed by atoms with Gasteiger partial charge in [-0.25, -0.2) is 0 Å². The minimum absolute atomic E-state index is 0.665. The molecule has 0 aromatic carbocycles. The fourth-order valence-electron chi connectivity index (χ4n) is 2.28. The Morgan fingerprint density at radius 2 is 2.00 bits per heavy atom. The summed E-state index contributed by atoms with van der Waals surface area (Å²) in [6, 6.07) is 0.665. The molecule has 96 valence electrons. The molecule has 0 aromatic rings. The van der Waals surface area contributed by atoms with Crippen LogP contribution in [0.4, 0.5) is 0 Å². The molecular weight excluding hydrogens is 200 g/mol. The molecule has 1 rings (SSSR count). The molecule has 0 bridgehead atoms. The summed E-state index contributed by atoms with van der Waals surface area (Å²) in [6.45, 7) is 3.92. The number of ether oxygens (including phenoxy) is 1. The lowest BCUT2D eigenvalue weighted by molar-refractivity contribution is 0.0512. The van der Waals surface area contributed by atoms with E-state index in [2.05, 4.69) is 11.9 Å². The van der Waals surface area contributed by atoms with Crippen molar-refractivity contribution >= 4 is 0 Å². The van der Waals surface area contributed by atoms with Gasteiger partial charge >= 0.3 is 0 Å². The SMILES string of the molecule is CN1CCCCC1COCCCCCCN. The van der Waals surface area contributed by atoms with Crippen LogP contribution in [0.5, 0.6) is 0 Å². The van der Waals surface area contributed by atoms with Gasteiger partial charge in [0, 0.05) is 12.6 Å². The van der Waals surface area contributed by atoms with Crippen LogP contribution in [0.15, 0.2) is 0 Å². The number of hydrogen-bond acceptors (Lipinski definition) is 3. The van der Waals surface area contributed by atoms with Gasteiger partial charge in [0.15, 0.2) is 0 Å². The summed E-state index contributed by atoms with van der Waals surface area (Å²) in [5, 5.41) is 0. The largest absolute Gasteiger partial charge is 0.380 e. The average molecular weight is 228 g/mol. The molecule has 1 saturated heterocycles. The number of piperidine rings is 1. The number of nitrogens with zero attached hydrogens (tertiary/aromatic N) is 1. The van der Waals surface area contributed by atoms with Crippen LogP contribution in [0, 0.1) is 0 Å². The average Bonchev–Trinajstić information content (AvgIpc) is 2.30. The second-order valence-electron chi connectivity index (χ2n) is 4.91. The van der Waals surface area contributed by atoms with E-state index in [1.54, 1.807) is 0 Å². The first-order chi connectivity index (χ1) is 7.84. The first-order valence-corrected chi connectivity index (χ1v) is 6.82. The van der Waals surface area contributed by atoms with Crippen LogP contribution in [0.25, 0.3) is 0 Å². The van der Waals surface area contributed by atoms with Gasteiger partial charge < -0.3 is 15.4 Å². The Balaban J connectivity index is 1.90. The van der Waals surface area contributed by atoms with Crippen LogP contribution in [-0.4, -0.2) is 44.3 Å². The Morgan fingerprint density at radius 3 is 2.75 bits per heavy atom. The minimum atomic E-state index is 0.665. The van der Waals surface area contributed by atoms with E-state index in [-0.39, 0.29) is 0 Å². The van der Waals surface area contributed by atoms with Crippen molar-refractivity contribution in [1.29, 1.82) is 0 Å². The van der Waals surface area contributed by atoms with E-state index >= 15 is 0 Å². The topological polar surface area (TPSA) is 38.5 Å².